The second-order valence-electron chi connectivity index (χ2n) is 6.70. The van der Waals surface area contributed by atoms with Gasteiger partial charge in [-0.15, -0.1) is 0 Å². The predicted octanol–water partition coefficient (Wildman–Crippen LogP) is 3.58. The first-order chi connectivity index (χ1) is 10.7. The third kappa shape index (κ3) is 4.99. The first-order valence-corrected chi connectivity index (χ1v) is 8.92. The van der Waals surface area contributed by atoms with Gasteiger partial charge in [0.15, 0.2) is 0 Å². The summed E-state index contributed by atoms with van der Waals surface area (Å²) >= 11 is 0. The van der Waals surface area contributed by atoms with E-state index in [2.05, 4.69) is 54.4 Å². The highest BCUT2D eigenvalue weighted by Crippen LogP contribution is 2.22. The zero-order chi connectivity index (χ0) is 15.8. The number of para-hydroxylation sites is 1. The van der Waals surface area contributed by atoms with Crippen LogP contribution in [0, 0.1) is 0 Å². The highest BCUT2D eigenvalue weighted by molar-refractivity contribution is 5.46. The minimum atomic E-state index is -0.514. The summed E-state index contributed by atoms with van der Waals surface area (Å²) in [5.74, 6) is 0. The quantitative estimate of drug-likeness (QED) is 0.770. The summed E-state index contributed by atoms with van der Waals surface area (Å²) in [6.07, 6.45) is 6.20. The number of hydrogen-bond donors (Lipinski definition) is 2. The maximum Gasteiger partial charge on any atom is 0.0771 e. The van der Waals surface area contributed by atoms with Crippen molar-refractivity contribution >= 4 is 5.69 Å². The molecule has 0 saturated carbocycles. The topological polar surface area (TPSA) is 35.5 Å². The van der Waals surface area contributed by atoms with E-state index in [0.717, 1.165) is 58.2 Å². The van der Waals surface area contributed by atoms with Gasteiger partial charge in [-0.1, -0.05) is 44.9 Å². The van der Waals surface area contributed by atoms with E-state index in [1.807, 2.05) is 0 Å². The molecular formula is C19H32N2O. The smallest absolute Gasteiger partial charge is 0.0771 e. The average molecular weight is 304 g/mol. The van der Waals surface area contributed by atoms with Crippen molar-refractivity contribution in [3.05, 3.63) is 30.3 Å². The Morgan fingerprint density at radius 2 is 1.68 bits per heavy atom. The lowest BCUT2D eigenvalue weighted by Crippen LogP contribution is -2.48. The molecule has 1 saturated heterocycles. The van der Waals surface area contributed by atoms with Gasteiger partial charge in [-0.25, -0.2) is 0 Å². The Balaban J connectivity index is 1.77. The van der Waals surface area contributed by atoms with Crippen molar-refractivity contribution in [2.24, 2.45) is 0 Å². The average Bonchev–Trinajstić information content (AvgIpc) is 2.55. The van der Waals surface area contributed by atoms with Crippen LogP contribution in [-0.2, 0) is 0 Å². The molecule has 22 heavy (non-hydrogen) atoms. The van der Waals surface area contributed by atoms with Crippen LogP contribution in [0.2, 0.25) is 0 Å². The molecule has 1 fully saturated rings. The summed E-state index contributed by atoms with van der Waals surface area (Å²) in [7, 11) is 0. The minimum Gasteiger partial charge on any atom is -0.389 e. The Morgan fingerprint density at radius 3 is 2.23 bits per heavy atom. The number of piperidine rings is 1. The van der Waals surface area contributed by atoms with E-state index in [9.17, 15) is 5.11 Å². The summed E-state index contributed by atoms with van der Waals surface area (Å²) in [6, 6.07) is 11.2. The molecule has 2 rings (SSSR count). The Hall–Kier alpha value is -1.06. The number of aliphatic hydroxyl groups is 1. The van der Waals surface area contributed by atoms with E-state index in [1.54, 1.807) is 0 Å². The molecule has 0 aromatic heterocycles. The number of benzene rings is 1. The van der Waals surface area contributed by atoms with E-state index in [1.165, 1.54) is 5.69 Å². The van der Waals surface area contributed by atoms with Crippen LogP contribution in [-0.4, -0.2) is 36.4 Å². The van der Waals surface area contributed by atoms with Crippen molar-refractivity contribution < 1.29 is 5.11 Å². The molecular weight excluding hydrogens is 272 g/mol. The lowest BCUT2D eigenvalue weighted by molar-refractivity contribution is 0.0185. The van der Waals surface area contributed by atoms with E-state index >= 15 is 0 Å². The Labute approximate surface area is 135 Å². The van der Waals surface area contributed by atoms with Gasteiger partial charge >= 0.3 is 0 Å². The largest absolute Gasteiger partial charge is 0.389 e. The predicted molar refractivity (Wildman–Crippen MR) is 94.4 cm³/mol. The third-order valence-corrected chi connectivity index (χ3v) is 4.77. The minimum absolute atomic E-state index is 0.514. The second kappa shape index (κ2) is 8.54. The van der Waals surface area contributed by atoms with Gasteiger partial charge in [0.2, 0.25) is 0 Å². The summed E-state index contributed by atoms with van der Waals surface area (Å²) in [6.45, 7) is 7.24. The molecule has 1 aromatic rings. The van der Waals surface area contributed by atoms with Crippen LogP contribution in [0.4, 0.5) is 5.69 Å². The third-order valence-electron chi connectivity index (χ3n) is 4.77. The number of anilines is 1. The summed E-state index contributed by atoms with van der Waals surface area (Å²) < 4.78 is 0. The van der Waals surface area contributed by atoms with Crippen molar-refractivity contribution in [2.75, 3.05) is 24.5 Å². The number of hydrogen-bond acceptors (Lipinski definition) is 3. The molecule has 0 spiro atoms. The maximum atomic E-state index is 10.7. The van der Waals surface area contributed by atoms with E-state index in [-0.39, 0.29) is 0 Å². The molecule has 1 aromatic carbocycles. The van der Waals surface area contributed by atoms with E-state index in [0.29, 0.717) is 6.04 Å². The van der Waals surface area contributed by atoms with Crippen molar-refractivity contribution in [1.82, 2.24) is 5.32 Å². The molecule has 3 nitrogen and oxygen atoms in total. The highest BCUT2D eigenvalue weighted by Gasteiger charge is 2.27. The number of rotatable bonds is 8. The van der Waals surface area contributed by atoms with Crippen LogP contribution < -0.4 is 10.2 Å². The zero-order valence-electron chi connectivity index (χ0n) is 14.2. The van der Waals surface area contributed by atoms with Crippen molar-refractivity contribution in [3.8, 4) is 0 Å². The van der Waals surface area contributed by atoms with E-state index in [4.69, 9.17) is 0 Å². The fourth-order valence-corrected chi connectivity index (χ4v) is 3.55. The monoisotopic (exact) mass is 304 g/mol. The number of nitrogens with one attached hydrogen (secondary N) is 1. The number of nitrogens with zero attached hydrogens (tertiary/aromatic N) is 1. The van der Waals surface area contributed by atoms with Gasteiger partial charge in [-0.2, -0.15) is 0 Å². The van der Waals surface area contributed by atoms with Gasteiger partial charge < -0.3 is 15.3 Å². The molecule has 0 bridgehead atoms. The SMILES string of the molecule is CCCC(O)(CCC)CNC1CCN(c2ccccc2)CC1. The lowest BCUT2D eigenvalue weighted by atomic mass is 9.92. The molecule has 3 heteroatoms. The van der Waals surface area contributed by atoms with Gasteiger partial charge in [0.1, 0.15) is 0 Å². The van der Waals surface area contributed by atoms with Gasteiger partial charge in [-0.3, -0.25) is 0 Å². The molecule has 124 valence electrons. The van der Waals surface area contributed by atoms with Crippen molar-refractivity contribution in [3.63, 3.8) is 0 Å². The highest BCUT2D eigenvalue weighted by atomic mass is 16.3. The molecule has 0 aliphatic carbocycles. The van der Waals surface area contributed by atoms with E-state index < -0.39 is 5.60 Å². The Morgan fingerprint density at radius 1 is 1.09 bits per heavy atom. The van der Waals surface area contributed by atoms with Crippen LogP contribution in [0.15, 0.2) is 30.3 Å². The summed E-state index contributed by atoms with van der Waals surface area (Å²) in [5.41, 5.74) is 0.814. The first-order valence-electron chi connectivity index (χ1n) is 8.92. The van der Waals surface area contributed by atoms with Crippen LogP contribution in [0.3, 0.4) is 0 Å². The first kappa shape index (κ1) is 17.3. The van der Waals surface area contributed by atoms with Gasteiger partial charge in [0.05, 0.1) is 5.60 Å². The Bertz CT molecular complexity index is 407. The second-order valence-corrected chi connectivity index (χ2v) is 6.70. The molecule has 2 N–H and O–H groups in total. The maximum absolute atomic E-state index is 10.7. The lowest BCUT2D eigenvalue weighted by Gasteiger charge is -2.36. The van der Waals surface area contributed by atoms with Crippen molar-refractivity contribution in [2.45, 2.75) is 64.0 Å². The van der Waals surface area contributed by atoms with Crippen LogP contribution in [0.1, 0.15) is 52.4 Å². The standard InChI is InChI=1S/C19H32N2O/c1-3-12-19(22,13-4-2)16-20-17-10-14-21(15-11-17)18-8-6-5-7-9-18/h5-9,17,20,22H,3-4,10-16H2,1-2H3. The summed E-state index contributed by atoms with van der Waals surface area (Å²) in [5, 5.41) is 14.3. The van der Waals surface area contributed by atoms with Crippen LogP contribution >= 0.6 is 0 Å². The van der Waals surface area contributed by atoms with Gasteiger partial charge in [0, 0.05) is 31.4 Å². The molecule has 1 aliphatic heterocycles. The summed E-state index contributed by atoms with van der Waals surface area (Å²) in [4.78, 5) is 2.46. The Kier molecular flexibility index (Phi) is 6.71. The molecule has 0 amide bonds. The normalized spacial score (nSPS) is 17.0. The molecule has 0 atom stereocenters. The molecule has 0 unspecified atom stereocenters. The fourth-order valence-electron chi connectivity index (χ4n) is 3.55. The fraction of sp³-hybridized carbons (Fsp3) is 0.684. The molecule has 0 radical (unpaired) electrons. The van der Waals surface area contributed by atoms with Gasteiger partial charge in [0.25, 0.3) is 0 Å². The van der Waals surface area contributed by atoms with Gasteiger partial charge in [-0.05, 0) is 37.8 Å². The molecule has 1 aliphatic rings. The van der Waals surface area contributed by atoms with Crippen LogP contribution in [0.5, 0.6) is 0 Å². The zero-order valence-corrected chi connectivity index (χ0v) is 14.2. The molecule has 1 heterocycles. The van der Waals surface area contributed by atoms with Crippen LogP contribution in [0.25, 0.3) is 0 Å². The van der Waals surface area contributed by atoms with Crippen molar-refractivity contribution in [1.29, 1.82) is 0 Å².